The lowest BCUT2D eigenvalue weighted by Gasteiger charge is -2.40. The molecule has 28 heavy (non-hydrogen) atoms. The molecule has 0 N–H and O–H groups in total. The highest BCUT2D eigenvalue weighted by atomic mass is 16.7. The summed E-state index contributed by atoms with van der Waals surface area (Å²) in [6, 6.07) is 3.24. The number of methoxy groups -OCH3 is 1. The maximum atomic E-state index is 13.3. The number of rotatable bonds is 2. The minimum absolute atomic E-state index is 0.221. The first-order valence-electron chi connectivity index (χ1n) is 9.30. The van der Waals surface area contributed by atoms with Gasteiger partial charge in [0.25, 0.3) is 5.78 Å². The van der Waals surface area contributed by atoms with Crippen molar-refractivity contribution in [1.29, 1.82) is 0 Å². The van der Waals surface area contributed by atoms with Crippen LogP contribution in [0.3, 0.4) is 0 Å². The van der Waals surface area contributed by atoms with E-state index in [2.05, 4.69) is 0 Å². The van der Waals surface area contributed by atoms with Crippen LogP contribution in [0.15, 0.2) is 42.2 Å². The van der Waals surface area contributed by atoms with Crippen LogP contribution in [0.25, 0.3) is 5.57 Å². The van der Waals surface area contributed by atoms with Gasteiger partial charge in [-0.3, -0.25) is 9.59 Å². The van der Waals surface area contributed by atoms with Crippen LogP contribution in [0.5, 0.6) is 11.5 Å². The van der Waals surface area contributed by atoms with Gasteiger partial charge in [-0.15, -0.1) is 0 Å². The van der Waals surface area contributed by atoms with Crippen LogP contribution in [0.2, 0.25) is 0 Å². The second-order valence-electron chi connectivity index (χ2n) is 7.85. The molecule has 4 aliphatic rings. The molecule has 0 amide bonds. The van der Waals surface area contributed by atoms with E-state index in [0.717, 1.165) is 6.42 Å². The number of carbonyl (C=O) groups is 2. The predicted octanol–water partition coefficient (Wildman–Crippen LogP) is 3.36. The molecular weight excluding hydrogens is 360 g/mol. The van der Waals surface area contributed by atoms with E-state index in [1.165, 1.54) is 0 Å². The molecule has 0 aromatic heterocycles. The summed E-state index contributed by atoms with van der Waals surface area (Å²) in [6.07, 6.45) is 7.98. The topological polar surface area (TPSA) is 71.1 Å². The van der Waals surface area contributed by atoms with E-state index in [-0.39, 0.29) is 5.56 Å². The Hall–Kier alpha value is -2.86. The summed E-state index contributed by atoms with van der Waals surface area (Å²) < 4.78 is 24.1. The van der Waals surface area contributed by atoms with Gasteiger partial charge in [0.15, 0.2) is 0 Å². The number of hydrogen-bond donors (Lipinski definition) is 0. The number of ether oxygens (including phenoxy) is 4. The SMILES string of the molecule is COc1ccc2c3c1C1=COC(C)(C)[C@H]1O[C@](C1=CC=CCC1)(O3)C(=O)C2=O. The van der Waals surface area contributed by atoms with E-state index in [4.69, 9.17) is 18.9 Å². The molecule has 0 saturated carbocycles. The highest BCUT2D eigenvalue weighted by Crippen LogP contribution is 2.54. The molecule has 2 bridgehead atoms. The number of hydrogen-bond acceptors (Lipinski definition) is 6. The van der Waals surface area contributed by atoms with Gasteiger partial charge in [-0.1, -0.05) is 18.2 Å². The van der Waals surface area contributed by atoms with Gasteiger partial charge >= 0.3 is 5.79 Å². The zero-order chi connectivity index (χ0) is 19.7. The van der Waals surface area contributed by atoms with Gasteiger partial charge in [-0.25, -0.2) is 0 Å². The fourth-order valence-corrected chi connectivity index (χ4v) is 4.27. The van der Waals surface area contributed by atoms with Gasteiger partial charge in [0, 0.05) is 11.1 Å². The van der Waals surface area contributed by atoms with Gasteiger partial charge in [-0.05, 0) is 38.8 Å². The summed E-state index contributed by atoms with van der Waals surface area (Å²) >= 11 is 0. The molecule has 144 valence electrons. The first-order chi connectivity index (χ1) is 13.4. The maximum Gasteiger partial charge on any atom is 0.302 e. The third-order valence-electron chi connectivity index (χ3n) is 5.75. The standard InChI is InChI=1S/C22H20O6/c1-21(2)20-14(11-26-21)16-15(25-3)10-9-13-17(23)19(24)22(28-20,27-18(13)16)12-7-5-4-6-8-12/h4-5,7,9-11,20H,6,8H2,1-3H3/t20-,22-/m0/s1. The Kier molecular flexibility index (Phi) is 3.44. The van der Waals surface area contributed by atoms with E-state index in [9.17, 15) is 9.59 Å². The fourth-order valence-electron chi connectivity index (χ4n) is 4.27. The summed E-state index contributed by atoms with van der Waals surface area (Å²) in [5.41, 5.74) is 1.42. The van der Waals surface area contributed by atoms with Crippen molar-refractivity contribution in [2.24, 2.45) is 0 Å². The second kappa shape index (κ2) is 5.58. The zero-order valence-electron chi connectivity index (χ0n) is 15.9. The maximum absolute atomic E-state index is 13.3. The van der Waals surface area contributed by atoms with Crippen LogP contribution < -0.4 is 9.47 Å². The first kappa shape index (κ1) is 17.3. The van der Waals surface area contributed by atoms with Crippen LogP contribution in [-0.2, 0) is 14.3 Å². The van der Waals surface area contributed by atoms with Gasteiger partial charge in [0.1, 0.15) is 23.2 Å². The molecule has 0 saturated heterocycles. The largest absolute Gasteiger partial charge is 0.496 e. The van der Waals surface area contributed by atoms with Gasteiger partial charge < -0.3 is 18.9 Å². The lowest BCUT2D eigenvalue weighted by molar-refractivity contribution is -0.200. The lowest BCUT2D eigenvalue weighted by Crippen LogP contribution is -2.57. The average molecular weight is 380 g/mol. The number of benzene rings is 1. The summed E-state index contributed by atoms with van der Waals surface area (Å²) in [6.45, 7) is 3.76. The fraction of sp³-hybridized carbons (Fsp3) is 0.364. The minimum Gasteiger partial charge on any atom is -0.496 e. The van der Waals surface area contributed by atoms with Gasteiger partial charge in [-0.2, -0.15) is 0 Å². The summed E-state index contributed by atoms with van der Waals surface area (Å²) in [5.74, 6) is -2.26. The van der Waals surface area contributed by atoms with Crippen molar-refractivity contribution >= 4 is 17.1 Å². The molecule has 1 aliphatic carbocycles. The smallest absolute Gasteiger partial charge is 0.302 e. The Morgan fingerprint density at radius 1 is 1.21 bits per heavy atom. The van der Waals surface area contributed by atoms with Crippen molar-refractivity contribution in [3.63, 3.8) is 0 Å². The van der Waals surface area contributed by atoms with Gasteiger partial charge in [0.2, 0.25) is 5.78 Å². The van der Waals surface area contributed by atoms with Crippen molar-refractivity contribution in [3.8, 4) is 11.5 Å². The number of Topliss-reactive ketones (excluding diaryl/α,β-unsaturated/α-hetero) is 2. The summed E-state index contributed by atoms with van der Waals surface area (Å²) in [5, 5.41) is 0. The minimum atomic E-state index is -1.79. The molecular formula is C22H20O6. The molecule has 0 unspecified atom stereocenters. The Bertz CT molecular complexity index is 1010. The second-order valence-corrected chi connectivity index (χ2v) is 7.85. The molecule has 6 nitrogen and oxygen atoms in total. The molecule has 0 radical (unpaired) electrons. The molecule has 6 heteroatoms. The number of fused-ring (bicyclic) bond motifs is 3. The van der Waals surface area contributed by atoms with Crippen molar-refractivity contribution in [2.75, 3.05) is 7.11 Å². The van der Waals surface area contributed by atoms with Crippen LogP contribution in [0, 0.1) is 0 Å². The Labute approximate surface area is 162 Å². The van der Waals surface area contributed by atoms with Crippen molar-refractivity contribution in [1.82, 2.24) is 0 Å². The molecule has 5 rings (SSSR count). The molecule has 1 aromatic rings. The molecule has 0 spiro atoms. The van der Waals surface area contributed by atoms with Crippen molar-refractivity contribution in [3.05, 3.63) is 53.3 Å². The molecule has 3 aliphatic heterocycles. The summed E-state index contributed by atoms with van der Waals surface area (Å²) in [4.78, 5) is 26.4. The number of carbonyl (C=O) groups excluding carboxylic acids is 2. The van der Waals surface area contributed by atoms with Crippen molar-refractivity contribution < 1.29 is 28.5 Å². The third-order valence-corrected chi connectivity index (χ3v) is 5.75. The first-order valence-corrected chi connectivity index (χ1v) is 9.30. The molecule has 2 atom stereocenters. The average Bonchev–Trinajstić information content (AvgIpc) is 2.90. The molecule has 1 aromatic carbocycles. The Balaban J connectivity index is 1.84. The van der Waals surface area contributed by atoms with Crippen LogP contribution >= 0.6 is 0 Å². The lowest BCUT2D eigenvalue weighted by atomic mass is 9.87. The third kappa shape index (κ3) is 2.06. The normalized spacial score (nSPS) is 29.2. The zero-order valence-corrected chi connectivity index (χ0v) is 15.9. The van der Waals surface area contributed by atoms with Crippen LogP contribution in [0.4, 0.5) is 0 Å². The number of ketones is 2. The van der Waals surface area contributed by atoms with E-state index in [1.54, 1.807) is 31.6 Å². The highest BCUT2D eigenvalue weighted by Gasteiger charge is 2.60. The Morgan fingerprint density at radius 2 is 2.04 bits per heavy atom. The quantitative estimate of drug-likeness (QED) is 0.733. The monoisotopic (exact) mass is 380 g/mol. The molecule has 0 fully saturated rings. The Morgan fingerprint density at radius 3 is 2.75 bits per heavy atom. The van der Waals surface area contributed by atoms with Crippen LogP contribution in [0.1, 0.15) is 42.6 Å². The molecule has 3 heterocycles. The van der Waals surface area contributed by atoms with E-state index < -0.39 is 29.1 Å². The van der Waals surface area contributed by atoms with E-state index in [0.29, 0.717) is 34.6 Å². The van der Waals surface area contributed by atoms with E-state index >= 15 is 0 Å². The van der Waals surface area contributed by atoms with Crippen LogP contribution in [-0.4, -0.2) is 36.2 Å². The van der Waals surface area contributed by atoms with Crippen molar-refractivity contribution in [2.45, 2.75) is 44.2 Å². The van der Waals surface area contributed by atoms with E-state index in [1.807, 2.05) is 26.0 Å². The highest BCUT2D eigenvalue weighted by molar-refractivity contribution is 6.48. The predicted molar refractivity (Wildman–Crippen MR) is 100 cm³/mol. The number of allylic oxidation sites excluding steroid dienone is 3. The summed E-state index contributed by atoms with van der Waals surface area (Å²) in [7, 11) is 1.55. The van der Waals surface area contributed by atoms with Gasteiger partial charge in [0.05, 0.1) is 24.5 Å².